The third kappa shape index (κ3) is 1.99. The first-order chi connectivity index (χ1) is 7.67. The Balaban J connectivity index is 2.24. The molecule has 2 atom stereocenters. The number of hydrogen-bond donors (Lipinski definition) is 1. The molecule has 1 aliphatic heterocycles. The van der Waals surface area contributed by atoms with E-state index in [4.69, 9.17) is 4.74 Å². The molecule has 2 rings (SSSR count). The van der Waals surface area contributed by atoms with E-state index >= 15 is 0 Å². The second-order valence-corrected chi connectivity index (χ2v) is 4.72. The van der Waals surface area contributed by atoms with E-state index in [0.29, 0.717) is 0 Å². The second kappa shape index (κ2) is 4.55. The molecule has 0 spiro atoms. The van der Waals surface area contributed by atoms with Crippen molar-refractivity contribution in [3.63, 3.8) is 0 Å². The van der Waals surface area contributed by atoms with E-state index in [2.05, 4.69) is 23.4 Å². The third-order valence-electron chi connectivity index (χ3n) is 3.55. The zero-order valence-electron chi connectivity index (χ0n) is 10.4. The predicted octanol–water partition coefficient (Wildman–Crippen LogP) is 1.64. The van der Waals surface area contributed by atoms with Crippen molar-refractivity contribution in [1.29, 1.82) is 0 Å². The van der Waals surface area contributed by atoms with Gasteiger partial charge in [-0.25, -0.2) is 0 Å². The van der Waals surface area contributed by atoms with E-state index in [0.717, 1.165) is 13.0 Å². The van der Waals surface area contributed by atoms with Crippen molar-refractivity contribution >= 4 is 0 Å². The van der Waals surface area contributed by atoms with E-state index < -0.39 is 0 Å². The van der Waals surface area contributed by atoms with Gasteiger partial charge in [-0.05, 0) is 39.3 Å². The van der Waals surface area contributed by atoms with Gasteiger partial charge in [0.25, 0.3) is 0 Å². The lowest BCUT2D eigenvalue weighted by Gasteiger charge is -2.40. The summed E-state index contributed by atoms with van der Waals surface area (Å²) in [4.78, 5) is 0. The summed E-state index contributed by atoms with van der Waals surface area (Å²) in [6, 6.07) is 2.27. The van der Waals surface area contributed by atoms with Crippen molar-refractivity contribution in [2.75, 3.05) is 13.7 Å². The molecule has 0 radical (unpaired) electrons. The van der Waals surface area contributed by atoms with Crippen LogP contribution in [0.25, 0.3) is 0 Å². The van der Waals surface area contributed by atoms with Crippen LogP contribution in [0, 0.1) is 0 Å². The van der Waals surface area contributed by atoms with Gasteiger partial charge < -0.3 is 10.1 Å². The maximum atomic E-state index is 5.99. The minimum atomic E-state index is -0.110. The Morgan fingerprint density at radius 2 is 2.38 bits per heavy atom. The summed E-state index contributed by atoms with van der Waals surface area (Å²) in [6.45, 7) is 3.06. The summed E-state index contributed by atoms with van der Waals surface area (Å²) in [7, 11) is 3.97. The van der Waals surface area contributed by atoms with Crippen molar-refractivity contribution < 1.29 is 4.74 Å². The van der Waals surface area contributed by atoms with Gasteiger partial charge in [-0.1, -0.05) is 0 Å². The molecule has 1 aromatic rings. The summed E-state index contributed by atoms with van der Waals surface area (Å²) < 4.78 is 7.91. The molecule has 4 heteroatoms. The molecule has 0 aromatic carbocycles. The van der Waals surface area contributed by atoms with Crippen LogP contribution in [0.5, 0.6) is 0 Å². The monoisotopic (exact) mass is 223 g/mol. The first-order valence-corrected chi connectivity index (χ1v) is 5.96. The first kappa shape index (κ1) is 11.6. The van der Waals surface area contributed by atoms with Gasteiger partial charge in [-0.2, -0.15) is 5.10 Å². The molecule has 1 aromatic heterocycles. The molecule has 0 saturated carbocycles. The summed E-state index contributed by atoms with van der Waals surface area (Å²) in [5.41, 5.74) is 1.08. The summed E-state index contributed by atoms with van der Waals surface area (Å²) >= 11 is 0. The lowest BCUT2D eigenvalue weighted by molar-refractivity contribution is -0.0898. The molecule has 1 N–H and O–H groups in total. The number of likely N-dealkylation sites (N-methyl/N-ethyl adjacent to an activating group) is 1. The summed E-state index contributed by atoms with van der Waals surface area (Å²) in [5.74, 6) is 0. The van der Waals surface area contributed by atoms with Crippen molar-refractivity contribution in [2.45, 2.75) is 37.8 Å². The Bertz CT molecular complexity index is 342. The molecule has 1 aliphatic rings. The quantitative estimate of drug-likeness (QED) is 0.846. The van der Waals surface area contributed by atoms with Crippen molar-refractivity contribution in [2.24, 2.45) is 7.05 Å². The zero-order valence-corrected chi connectivity index (χ0v) is 10.4. The van der Waals surface area contributed by atoms with Gasteiger partial charge in [0, 0.05) is 19.9 Å². The lowest BCUT2D eigenvalue weighted by Crippen LogP contribution is -2.45. The van der Waals surface area contributed by atoms with Gasteiger partial charge >= 0.3 is 0 Å². The molecule has 2 heterocycles. The molecular formula is C12H21N3O. The lowest BCUT2D eigenvalue weighted by atomic mass is 9.86. The third-order valence-corrected chi connectivity index (χ3v) is 3.55. The highest BCUT2D eigenvalue weighted by Gasteiger charge is 2.38. The molecule has 2 unspecified atom stereocenters. The van der Waals surface area contributed by atoms with Crippen molar-refractivity contribution in [3.8, 4) is 0 Å². The fraction of sp³-hybridized carbons (Fsp3) is 0.750. The number of ether oxygens (including phenoxy) is 1. The number of hydrogen-bond acceptors (Lipinski definition) is 3. The van der Waals surface area contributed by atoms with Crippen LogP contribution < -0.4 is 5.32 Å². The van der Waals surface area contributed by atoms with Crippen LogP contribution >= 0.6 is 0 Å². The van der Waals surface area contributed by atoms with Crippen LogP contribution in [0.1, 0.15) is 37.9 Å². The molecule has 0 aliphatic carbocycles. The van der Waals surface area contributed by atoms with Gasteiger partial charge in [0.2, 0.25) is 0 Å². The Morgan fingerprint density at radius 3 is 2.88 bits per heavy atom. The number of rotatable bonds is 3. The molecule has 4 nitrogen and oxygen atoms in total. The molecule has 1 fully saturated rings. The average molecular weight is 223 g/mol. The smallest absolute Gasteiger partial charge is 0.0863 e. The highest BCUT2D eigenvalue weighted by molar-refractivity contribution is 5.12. The van der Waals surface area contributed by atoms with E-state index in [1.165, 1.54) is 18.5 Å². The fourth-order valence-electron chi connectivity index (χ4n) is 2.62. The Hall–Kier alpha value is -0.870. The average Bonchev–Trinajstić information content (AvgIpc) is 2.67. The SMILES string of the molecule is CNC(c1ccnn1C)C1(C)CCCCO1. The van der Waals surface area contributed by atoms with Gasteiger partial charge in [-0.3, -0.25) is 4.68 Å². The highest BCUT2D eigenvalue weighted by atomic mass is 16.5. The standard InChI is InChI=1S/C12H21N3O/c1-12(7-4-5-9-16-12)11(13-2)10-6-8-14-15(10)3/h6,8,11,13H,4-5,7,9H2,1-3H3. The fourth-order valence-corrected chi connectivity index (χ4v) is 2.62. The molecule has 0 amide bonds. The zero-order chi connectivity index (χ0) is 11.6. The van der Waals surface area contributed by atoms with E-state index in [1.807, 2.05) is 25.0 Å². The van der Waals surface area contributed by atoms with Crippen LogP contribution in [0.3, 0.4) is 0 Å². The van der Waals surface area contributed by atoms with Crippen LogP contribution in [0.4, 0.5) is 0 Å². The Kier molecular flexibility index (Phi) is 3.30. The van der Waals surface area contributed by atoms with Gasteiger partial charge in [0.05, 0.1) is 17.3 Å². The first-order valence-electron chi connectivity index (χ1n) is 5.96. The maximum Gasteiger partial charge on any atom is 0.0863 e. The van der Waals surface area contributed by atoms with Crippen LogP contribution in [-0.2, 0) is 11.8 Å². The molecule has 0 bridgehead atoms. The van der Waals surface area contributed by atoms with E-state index in [9.17, 15) is 0 Å². The van der Waals surface area contributed by atoms with E-state index in [1.54, 1.807) is 0 Å². The molecule has 90 valence electrons. The minimum Gasteiger partial charge on any atom is -0.373 e. The highest BCUT2D eigenvalue weighted by Crippen LogP contribution is 2.35. The number of nitrogens with zero attached hydrogens (tertiary/aromatic N) is 2. The number of aromatic nitrogens is 2. The van der Waals surface area contributed by atoms with Crippen LogP contribution in [0.2, 0.25) is 0 Å². The predicted molar refractivity (Wildman–Crippen MR) is 63.2 cm³/mol. The summed E-state index contributed by atoms with van der Waals surface area (Å²) in [6.07, 6.45) is 5.36. The Morgan fingerprint density at radius 1 is 1.56 bits per heavy atom. The maximum absolute atomic E-state index is 5.99. The second-order valence-electron chi connectivity index (χ2n) is 4.72. The van der Waals surface area contributed by atoms with E-state index in [-0.39, 0.29) is 11.6 Å². The van der Waals surface area contributed by atoms with Gasteiger partial charge in [0.15, 0.2) is 0 Å². The Labute approximate surface area is 97.0 Å². The number of aryl methyl sites for hydroxylation is 1. The van der Waals surface area contributed by atoms with Gasteiger partial charge in [-0.15, -0.1) is 0 Å². The topological polar surface area (TPSA) is 39.1 Å². The molecule has 16 heavy (non-hydrogen) atoms. The molecular weight excluding hydrogens is 202 g/mol. The van der Waals surface area contributed by atoms with Crippen molar-refractivity contribution in [3.05, 3.63) is 18.0 Å². The normalized spacial score (nSPS) is 27.9. The van der Waals surface area contributed by atoms with Gasteiger partial charge in [0.1, 0.15) is 0 Å². The van der Waals surface area contributed by atoms with Crippen LogP contribution in [0.15, 0.2) is 12.3 Å². The van der Waals surface area contributed by atoms with Crippen LogP contribution in [-0.4, -0.2) is 29.0 Å². The molecule has 1 saturated heterocycles. The summed E-state index contributed by atoms with van der Waals surface area (Å²) in [5, 5.41) is 7.60. The number of nitrogens with one attached hydrogen (secondary N) is 1. The van der Waals surface area contributed by atoms with Crippen molar-refractivity contribution in [1.82, 2.24) is 15.1 Å². The minimum absolute atomic E-state index is 0.110. The largest absolute Gasteiger partial charge is 0.373 e.